The first kappa shape index (κ1) is 20.3. The van der Waals surface area contributed by atoms with Gasteiger partial charge >= 0.3 is 20.5 Å². The van der Waals surface area contributed by atoms with Crippen molar-refractivity contribution in [2.75, 3.05) is 26.4 Å². The molecule has 0 aromatic carbocycles. The predicted molar refractivity (Wildman–Crippen MR) is 90.2 cm³/mol. The van der Waals surface area contributed by atoms with Gasteiger partial charge in [-0.15, -0.1) is 0 Å². The van der Waals surface area contributed by atoms with Crippen molar-refractivity contribution >= 4 is 14.8 Å². The molecule has 9 nitrogen and oxygen atoms in total. The summed E-state index contributed by atoms with van der Waals surface area (Å²) in [5, 5.41) is 2.62. The van der Waals surface area contributed by atoms with Gasteiger partial charge in [0, 0.05) is 44.7 Å². The van der Waals surface area contributed by atoms with E-state index in [9.17, 15) is 14.4 Å². The highest BCUT2D eigenvalue weighted by molar-refractivity contribution is 6.60. The fourth-order valence-electron chi connectivity index (χ4n) is 2.16. The maximum atomic E-state index is 11.9. The Morgan fingerprint density at radius 2 is 1.75 bits per heavy atom. The topological polar surface area (TPSA) is 112 Å². The van der Waals surface area contributed by atoms with E-state index < -0.39 is 26.1 Å². The van der Waals surface area contributed by atoms with Crippen LogP contribution in [0.1, 0.15) is 27.2 Å². The van der Waals surface area contributed by atoms with Gasteiger partial charge in [-0.25, -0.2) is 14.2 Å². The van der Waals surface area contributed by atoms with E-state index in [1.165, 1.54) is 0 Å². The molecule has 0 fully saturated rings. The number of amides is 1. The van der Waals surface area contributed by atoms with Crippen LogP contribution in [0.15, 0.2) is 21.9 Å². The SMILES string of the molecule is CCO[Si](CCCNC(=O)n1ccc(=O)[nH]c1=O)(OCC)OCC. The second-order valence-corrected chi connectivity index (χ2v) is 7.53. The van der Waals surface area contributed by atoms with E-state index in [2.05, 4.69) is 5.32 Å². The van der Waals surface area contributed by atoms with Gasteiger partial charge in [-0.05, 0) is 27.2 Å². The van der Waals surface area contributed by atoms with Crippen molar-refractivity contribution in [2.24, 2.45) is 0 Å². The summed E-state index contributed by atoms with van der Waals surface area (Å²) >= 11 is 0. The Bertz CT molecular complexity index is 612. The van der Waals surface area contributed by atoms with Gasteiger partial charge in [-0.3, -0.25) is 9.78 Å². The predicted octanol–water partition coefficient (Wildman–Crippen LogP) is 0.533. The van der Waals surface area contributed by atoms with Crippen LogP contribution in [0, 0.1) is 0 Å². The molecule has 136 valence electrons. The molecule has 1 amide bonds. The summed E-state index contributed by atoms with van der Waals surface area (Å²) in [6, 6.07) is 1.06. The lowest BCUT2D eigenvalue weighted by Gasteiger charge is -2.28. The summed E-state index contributed by atoms with van der Waals surface area (Å²) in [5.74, 6) is 0. The first-order valence-corrected chi connectivity index (χ1v) is 9.93. The molecular formula is C14H25N3O6Si. The van der Waals surface area contributed by atoms with E-state index in [4.69, 9.17) is 13.3 Å². The number of carbonyl (C=O) groups excluding carboxylic acids is 1. The van der Waals surface area contributed by atoms with Crippen molar-refractivity contribution in [3.63, 3.8) is 0 Å². The maximum Gasteiger partial charge on any atom is 0.500 e. The fourth-order valence-corrected chi connectivity index (χ4v) is 4.78. The van der Waals surface area contributed by atoms with Gasteiger partial charge in [0.25, 0.3) is 5.56 Å². The van der Waals surface area contributed by atoms with Gasteiger partial charge < -0.3 is 18.6 Å². The highest BCUT2D eigenvalue weighted by Gasteiger charge is 2.39. The van der Waals surface area contributed by atoms with Crippen molar-refractivity contribution in [1.82, 2.24) is 14.9 Å². The Morgan fingerprint density at radius 3 is 2.25 bits per heavy atom. The average molecular weight is 359 g/mol. The van der Waals surface area contributed by atoms with Crippen LogP contribution < -0.4 is 16.6 Å². The first-order chi connectivity index (χ1) is 11.5. The quantitative estimate of drug-likeness (QED) is 0.466. The summed E-state index contributed by atoms with van der Waals surface area (Å²) < 4.78 is 18.0. The van der Waals surface area contributed by atoms with Gasteiger partial charge in [-0.2, -0.15) is 0 Å². The number of aromatic amines is 1. The minimum absolute atomic E-state index is 0.326. The Balaban J connectivity index is 2.57. The zero-order chi connectivity index (χ0) is 18.0. The molecule has 1 heterocycles. The number of H-pyrrole nitrogens is 1. The van der Waals surface area contributed by atoms with E-state index in [1.54, 1.807) is 0 Å². The van der Waals surface area contributed by atoms with Gasteiger partial charge in [0.05, 0.1) is 0 Å². The lowest BCUT2D eigenvalue weighted by Crippen LogP contribution is -2.46. The van der Waals surface area contributed by atoms with Crippen molar-refractivity contribution in [3.05, 3.63) is 33.1 Å². The van der Waals surface area contributed by atoms with E-state index in [0.29, 0.717) is 38.8 Å². The maximum absolute atomic E-state index is 11.9. The summed E-state index contributed by atoms with van der Waals surface area (Å²) in [7, 11) is -2.73. The fraction of sp³-hybridized carbons (Fsp3) is 0.643. The molecule has 1 aromatic heterocycles. The molecule has 0 aliphatic rings. The van der Waals surface area contributed by atoms with Crippen LogP contribution >= 0.6 is 0 Å². The van der Waals surface area contributed by atoms with Gasteiger partial charge in [0.2, 0.25) is 0 Å². The zero-order valence-electron chi connectivity index (χ0n) is 14.3. The van der Waals surface area contributed by atoms with Crippen LogP contribution in [-0.2, 0) is 13.3 Å². The average Bonchev–Trinajstić information content (AvgIpc) is 2.52. The summed E-state index contributed by atoms with van der Waals surface area (Å²) in [6.07, 6.45) is 1.71. The van der Waals surface area contributed by atoms with E-state index in [1.807, 2.05) is 25.8 Å². The summed E-state index contributed by atoms with van der Waals surface area (Å²) in [5.41, 5.74) is -1.33. The number of rotatable bonds is 10. The third-order valence-electron chi connectivity index (χ3n) is 3.07. The minimum atomic E-state index is -2.73. The molecule has 0 saturated carbocycles. The minimum Gasteiger partial charge on any atom is -0.374 e. The van der Waals surface area contributed by atoms with E-state index >= 15 is 0 Å². The number of aromatic nitrogens is 2. The normalized spacial score (nSPS) is 11.5. The zero-order valence-corrected chi connectivity index (χ0v) is 15.3. The molecule has 24 heavy (non-hydrogen) atoms. The van der Waals surface area contributed by atoms with Gasteiger partial charge in [0.15, 0.2) is 0 Å². The molecule has 0 unspecified atom stereocenters. The van der Waals surface area contributed by atoms with Crippen molar-refractivity contribution in [2.45, 2.75) is 33.2 Å². The molecular weight excluding hydrogens is 334 g/mol. The molecule has 0 aliphatic carbocycles. The van der Waals surface area contributed by atoms with Crippen LogP contribution in [0.5, 0.6) is 0 Å². The Kier molecular flexibility index (Phi) is 8.61. The number of nitrogens with one attached hydrogen (secondary N) is 2. The first-order valence-electron chi connectivity index (χ1n) is 8.00. The molecule has 0 saturated heterocycles. The highest BCUT2D eigenvalue weighted by Crippen LogP contribution is 2.17. The van der Waals surface area contributed by atoms with E-state index in [-0.39, 0.29) is 0 Å². The molecule has 0 aliphatic heterocycles. The monoisotopic (exact) mass is 359 g/mol. The van der Waals surface area contributed by atoms with Crippen LogP contribution in [0.2, 0.25) is 6.04 Å². The molecule has 0 bridgehead atoms. The van der Waals surface area contributed by atoms with Gasteiger partial charge in [0.1, 0.15) is 0 Å². The number of nitrogens with zero attached hydrogens (tertiary/aromatic N) is 1. The second-order valence-electron chi connectivity index (χ2n) is 4.80. The van der Waals surface area contributed by atoms with Crippen LogP contribution in [0.25, 0.3) is 0 Å². The van der Waals surface area contributed by atoms with Gasteiger partial charge in [-0.1, -0.05) is 0 Å². The van der Waals surface area contributed by atoms with Crippen LogP contribution in [0.4, 0.5) is 4.79 Å². The largest absolute Gasteiger partial charge is 0.500 e. The Hall–Kier alpha value is -1.75. The lowest BCUT2D eigenvalue weighted by molar-refractivity contribution is 0.0708. The van der Waals surface area contributed by atoms with Crippen LogP contribution in [0.3, 0.4) is 0 Å². The summed E-state index contributed by atoms with van der Waals surface area (Å²) in [6.45, 7) is 7.44. The number of hydrogen-bond acceptors (Lipinski definition) is 6. The molecule has 1 aromatic rings. The Labute approximate surface area is 141 Å². The molecule has 0 radical (unpaired) electrons. The number of carbonyl (C=O) groups is 1. The van der Waals surface area contributed by atoms with Crippen LogP contribution in [-0.4, -0.2) is 50.8 Å². The third kappa shape index (κ3) is 6.04. The highest BCUT2D eigenvalue weighted by atomic mass is 28.4. The molecule has 0 spiro atoms. The lowest BCUT2D eigenvalue weighted by atomic mass is 10.5. The number of hydrogen-bond donors (Lipinski definition) is 2. The molecule has 0 atom stereocenters. The molecule has 2 N–H and O–H groups in total. The second kappa shape index (κ2) is 10.2. The molecule has 1 rings (SSSR count). The van der Waals surface area contributed by atoms with Crippen molar-refractivity contribution < 1.29 is 18.1 Å². The van der Waals surface area contributed by atoms with E-state index in [0.717, 1.165) is 16.8 Å². The summed E-state index contributed by atoms with van der Waals surface area (Å²) in [4.78, 5) is 36.5. The standard InChI is InChI=1S/C14H25N3O6Si/c1-4-21-24(22-5-2,23-6-3)11-7-9-15-13(19)17-10-8-12(18)16-14(17)20/h8,10H,4-7,9,11H2,1-3H3,(H,15,19)(H,16,18,20). The molecule has 10 heteroatoms. The Morgan fingerprint density at radius 1 is 1.17 bits per heavy atom. The third-order valence-corrected chi connectivity index (χ3v) is 6.22. The smallest absolute Gasteiger partial charge is 0.374 e. The van der Waals surface area contributed by atoms with Crippen molar-refractivity contribution in [3.8, 4) is 0 Å². The van der Waals surface area contributed by atoms with Crippen molar-refractivity contribution in [1.29, 1.82) is 0 Å².